The lowest BCUT2D eigenvalue weighted by Crippen LogP contribution is -2.36. The summed E-state index contributed by atoms with van der Waals surface area (Å²) in [7, 11) is 1.93. The van der Waals surface area contributed by atoms with Crippen LogP contribution in [0, 0.1) is 12.8 Å². The Hall–Kier alpha value is -3.82. The van der Waals surface area contributed by atoms with Crippen molar-refractivity contribution >= 4 is 27.9 Å². The van der Waals surface area contributed by atoms with Crippen LogP contribution in [0.1, 0.15) is 30.1 Å². The second-order valence-corrected chi connectivity index (χ2v) is 10.6. The second-order valence-electron chi connectivity index (χ2n) is 10.6. The predicted octanol–water partition coefficient (Wildman–Crippen LogP) is 4.54. The Morgan fingerprint density at radius 2 is 1.72 bits per heavy atom. The standard InChI is InChI=1S/C30H33N7O2/c1-20-28(35(2)34-33-20)23-18-25-27(31-19-23)24-8-9-26(36-12-16-39-17-13-36)32-30(24)37(25)29(21-6-4-3-5-7-21)22-10-14-38-15-11-22/h3-9,18-19,22,29H,10-17H2,1-2H3/t29-/m1/s1. The highest BCUT2D eigenvalue weighted by Gasteiger charge is 2.31. The van der Waals surface area contributed by atoms with Gasteiger partial charge in [-0.2, -0.15) is 0 Å². The number of hydrogen-bond acceptors (Lipinski definition) is 7. The molecule has 2 fully saturated rings. The SMILES string of the molecule is Cc1nnn(C)c1-c1cnc2c3ccc(N4CCOCC4)nc3n([C@H](c3ccccc3)C3CCOCC3)c2c1. The lowest BCUT2D eigenvalue weighted by molar-refractivity contribution is 0.0552. The quantitative estimate of drug-likeness (QED) is 0.334. The third-order valence-electron chi connectivity index (χ3n) is 8.21. The molecule has 2 saturated heterocycles. The smallest absolute Gasteiger partial charge is 0.145 e. The molecule has 0 radical (unpaired) electrons. The van der Waals surface area contributed by atoms with Gasteiger partial charge < -0.3 is 18.9 Å². The molecular formula is C30H33N7O2. The van der Waals surface area contributed by atoms with Gasteiger partial charge in [-0.3, -0.25) is 4.98 Å². The maximum absolute atomic E-state index is 5.80. The molecule has 39 heavy (non-hydrogen) atoms. The van der Waals surface area contributed by atoms with Crippen molar-refractivity contribution in [3.63, 3.8) is 0 Å². The highest BCUT2D eigenvalue weighted by molar-refractivity contribution is 6.05. The van der Waals surface area contributed by atoms with E-state index in [1.807, 2.05) is 24.9 Å². The van der Waals surface area contributed by atoms with E-state index in [1.54, 1.807) is 0 Å². The predicted molar refractivity (Wildman–Crippen MR) is 151 cm³/mol. The molecule has 0 amide bonds. The zero-order chi connectivity index (χ0) is 26.3. The normalized spacial score (nSPS) is 17.7. The first-order valence-electron chi connectivity index (χ1n) is 13.8. The lowest BCUT2D eigenvalue weighted by Gasteiger charge is -2.33. The summed E-state index contributed by atoms with van der Waals surface area (Å²) in [6, 6.07) is 17.5. The van der Waals surface area contributed by atoms with Crippen molar-refractivity contribution in [1.29, 1.82) is 0 Å². The average Bonchev–Trinajstić information content (AvgIpc) is 3.50. The number of nitrogens with zero attached hydrogens (tertiary/aromatic N) is 7. The van der Waals surface area contributed by atoms with Crippen LogP contribution in [0.3, 0.4) is 0 Å². The Morgan fingerprint density at radius 1 is 0.949 bits per heavy atom. The summed E-state index contributed by atoms with van der Waals surface area (Å²) in [5.74, 6) is 1.40. The van der Waals surface area contributed by atoms with Crippen LogP contribution < -0.4 is 4.90 Å². The van der Waals surface area contributed by atoms with Gasteiger partial charge in [-0.25, -0.2) is 9.67 Å². The third-order valence-corrected chi connectivity index (χ3v) is 8.21. The molecule has 2 aliphatic heterocycles. The van der Waals surface area contributed by atoms with Gasteiger partial charge in [0.05, 0.1) is 41.7 Å². The molecule has 1 aromatic carbocycles. The Kier molecular flexibility index (Phi) is 6.25. The molecular weight excluding hydrogens is 490 g/mol. The van der Waals surface area contributed by atoms with Gasteiger partial charge in [0, 0.05) is 50.5 Å². The van der Waals surface area contributed by atoms with Crippen molar-refractivity contribution in [2.45, 2.75) is 25.8 Å². The van der Waals surface area contributed by atoms with Crippen molar-refractivity contribution in [3.05, 3.63) is 66.0 Å². The van der Waals surface area contributed by atoms with Gasteiger partial charge in [-0.1, -0.05) is 35.5 Å². The number of pyridine rings is 2. The number of aromatic nitrogens is 6. The highest BCUT2D eigenvalue weighted by Crippen LogP contribution is 2.41. The van der Waals surface area contributed by atoms with Crippen LogP contribution in [0.4, 0.5) is 5.82 Å². The number of morpholine rings is 1. The summed E-state index contributed by atoms with van der Waals surface area (Å²) in [6.45, 7) is 6.68. The number of benzene rings is 1. The van der Waals surface area contributed by atoms with Crippen LogP contribution in [0.2, 0.25) is 0 Å². The molecule has 7 rings (SSSR count). The maximum Gasteiger partial charge on any atom is 0.145 e. The number of hydrogen-bond donors (Lipinski definition) is 0. The topological polar surface area (TPSA) is 83.1 Å². The van der Waals surface area contributed by atoms with Crippen molar-refractivity contribution in [2.24, 2.45) is 13.0 Å². The van der Waals surface area contributed by atoms with Gasteiger partial charge in [0.25, 0.3) is 0 Å². The van der Waals surface area contributed by atoms with Gasteiger partial charge in [0.2, 0.25) is 0 Å². The molecule has 0 spiro atoms. The maximum atomic E-state index is 5.80. The minimum atomic E-state index is 0.102. The monoisotopic (exact) mass is 523 g/mol. The molecule has 200 valence electrons. The molecule has 2 aliphatic rings. The van der Waals surface area contributed by atoms with Crippen LogP contribution in [0.25, 0.3) is 33.3 Å². The summed E-state index contributed by atoms with van der Waals surface area (Å²) >= 11 is 0. The summed E-state index contributed by atoms with van der Waals surface area (Å²) < 4.78 is 15.7. The zero-order valence-corrected chi connectivity index (χ0v) is 22.5. The van der Waals surface area contributed by atoms with Crippen LogP contribution >= 0.6 is 0 Å². The van der Waals surface area contributed by atoms with E-state index in [-0.39, 0.29) is 6.04 Å². The molecule has 0 bridgehead atoms. The van der Waals surface area contributed by atoms with Gasteiger partial charge >= 0.3 is 0 Å². The number of anilines is 1. The first-order chi connectivity index (χ1) is 19.2. The minimum absolute atomic E-state index is 0.102. The van der Waals surface area contributed by atoms with E-state index in [4.69, 9.17) is 19.4 Å². The molecule has 4 aromatic heterocycles. The fraction of sp³-hybridized carbons (Fsp3) is 0.400. The number of fused-ring (bicyclic) bond motifs is 3. The largest absolute Gasteiger partial charge is 0.381 e. The van der Waals surface area contributed by atoms with E-state index in [9.17, 15) is 0 Å². The van der Waals surface area contributed by atoms with Gasteiger partial charge in [0.15, 0.2) is 0 Å². The summed E-state index contributed by atoms with van der Waals surface area (Å²) in [6.07, 6.45) is 3.95. The molecule has 0 unspecified atom stereocenters. The molecule has 9 nitrogen and oxygen atoms in total. The molecule has 0 N–H and O–H groups in total. The van der Waals surface area contributed by atoms with Crippen molar-refractivity contribution < 1.29 is 9.47 Å². The van der Waals surface area contributed by atoms with Crippen molar-refractivity contribution in [1.82, 2.24) is 29.5 Å². The van der Waals surface area contributed by atoms with Crippen LogP contribution in [-0.4, -0.2) is 69.0 Å². The Labute approximate surface area is 227 Å². The van der Waals surface area contributed by atoms with E-state index in [2.05, 4.69) is 68.3 Å². The fourth-order valence-corrected chi connectivity index (χ4v) is 6.31. The fourth-order valence-electron chi connectivity index (χ4n) is 6.31. The number of ether oxygens (including phenoxy) is 2. The first kappa shape index (κ1) is 24.2. The number of aryl methyl sites for hydroxylation is 2. The van der Waals surface area contributed by atoms with Crippen LogP contribution in [-0.2, 0) is 16.5 Å². The zero-order valence-electron chi connectivity index (χ0n) is 22.5. The average molecular weight is 524 g/mol. The van der Waals surface area contributed by atoms with Crippen molar-refractivity contribution in [3.8, 4) is 11.3 Å². The number of rotatable bonds is 5. The van der Waals surface area contributed by atoms with Crippen LogP contribution in [0.5, 0.6) is 0 Å². The Morgan fingerprint density at radius 3 is 2.46 bits per heavy atom. The summed E-state index contributed by atoms with van der Waals surface area (Å²) in [5, 5.41) is 9.61. The molecule has 9 heteroatoms. The summed E-state index contributed by atoms with van der Waals surface area (Å²) in [4.78, 5) is 12.7. The van der Waals surface area contributed by atoms with E-state index >= 15 is 0 Å². The Bertz CT molecular complexity index is 1600. The van der Waals surface area contributed by atoms with Gasteiger partial charge in [-0.05, 0) is 49.4 Å². The molecule has 1 atom stereocenters. The summed E-state index contributed by atoms with van der Waals surface area (Å²) in [5.41, 5.74) is 7.17. The Balaban J connectivity index is 1.51. The van der Waals surface area contributed by atoms with E-state index in [1.165, 1.54) is 5.56 Å². The first-order valence-corrected chi connectivity index (χ1v) is 13.8. The van der Waals surface area contributed by atoms with Crippen molar-refractivity contribution in [2.75, 3.05) is 44.4 Å². The van der Waals surface area contributed by atoms with Gasteiger partial charge in [0.1, 0.15) is 11.5 Å². The third kappa shape index (κ3) is 4.26. The van der Waals surface area contributed by atoms with E-state index in [0.717, 1.165) is 97.2 Å². The minimum Gasteiger partial charge on any atom is -0.381 e. The van der Waals surface area contributed by atoms with E-state index < -0.39 is 0 Å². The molecule has 0 saturated carbocycles. The second kappa shape index (κ2) is 10.1. The van der Waals surface area contributed by atoms with E-state index in [0.29, 0.717) is 5.92 Å². The molecule has 5 aromatic rings. The lowest BCUT2D eigenvalue weighted by atomic mass is 9.86. The molecule has 6 heterocycles. The van der Waals surface area contributed by atoms with Gasteiger partial charge in [-0.15, -0.1) is 5.10 Å². The van der Waals surface area contributed by atoms with Crippen LogP contribution in [0.15, 0.2) is 54.7 Å². The molecule has 0 aliphatic carbocycles. The highest BCUT2D eigenvalue weighted by atomic mass is 16.5.